The van der Waals surface area contributed by atoms with Gasteiger partial charge in [0, 0.05) is 25.7 Å². The molecular weight excluding hydrogens is 276 g/mol. The first-order chi connectivity index (χ1) is 8.99. The van der Waals surface area contributed by atoms with Crippen LogP contribution in [0, 0.1) is 0 Å². The molecule has 0 unspecified atom stereocenters. The predicted octanol–water partition coefficient (Wildman–Crippen LogP) is 1.12. The van der Waals surface area contributed by atoms with E-state index in [9.17, 15) is 0 Å². The maximum absolute atomic E-state index is 6.01. The van der Waals surface area contributed by atoms with Crippen molar-refractivity contribution >= 4 is 17.0 Å². The van der Waals surface area contributed by atoms with Gasteiger partial charge >= 0.3 is 8.80 Å². The average molecular weight is 305 g/mol. The highest BCUT2D eigenvalue weighted by Crippen LogP contribution is 2.21. The summed E-state index contributed by atoms with van der Waals surface area (Å²) in [5, 5.41) is 0. The number of fused-ring (bicyclic) bond motifs is 6. The molecule has 0 saturated carbocycles. The molecule has 3 fully saturated rings. The minimum atomic E-state index is -2.37. The summed E-state index contributed by atoms with van der Waals surface area (Å²) < 4.78 is 18.0. The Morgan fingerprint density at radius 2 is 1.53 bits per heavy atom. The molecule has 3 saturated heterocycles. The zero-order chi connectivity index (χ0) is 13.8. The van der Waals surface area contributed by atoms with Crippen LogP contribution >= 0.6 is 0 Å². The molecule has 0 aromatic heterocycles. The molecule has 3 rings (SSSR count). The van der Waals surface area contributed by atoms with E-state index in [1.54, 1.807) is 0 Å². The second-order valence-electron chi connectivity index (χ2n) is 6.35. The van der Waals surface area contributed by atoms with E-state index in [4.69, 9.17) is 13.3 Å². The molecule has 0 aromatic carbocycles. The quantitative estimate of drug-likeness (QED) is 0.609. The Labute approximate surface area is 119 Å². The molecule has 0 spiro atoms. The van der Waals surface area contributed by atoms with Crippen molar-refractivity contribution in [3.63, 3.8) is 0 Å². The van der Waals surface area contributed by atoms with Gasteiger partial charge in [-0.2, -0.15) is 0 Å². The third kappa shape index (κ3) is 5.26. The summed E-state index contributed by atoms with van der Waals surface area (Å²) in [6.07, 6.45) is 1.08. The third-order valence-corrected chi connectivity index (χ3v) is 7.71. The highest BCUT2D eigenvalue weighted by Gasteiger charge is 2.43. The van der Waals surface area contributed by atoms with Gasteiger partial charge in [-0.1, -0.05) is 19.6 Å². The maximum atomic E-state index is 6.01. The Bertz CT molecular complexity index is 260. The van der Waals surface area contributed by atoms with E-state index in [0.717, 1.165) is 58.5 Å². The second-order valence-corrected chi connectivity index (χ2v) is 13.9. The molecule has 3 aliphatic heterocycles. The van der Waals surface area contributed by atoms with Crippen LogP contribution in [0.4, 0.5) is 0 Å². The van der Waals surface area contributed by atoms with E-state index < -0.39 is 17.0 Å². The fourth-order valence-electron chi connectivity index (χ4n) is 2.44. The SMILES string of the molecule is C[Si](C)(C)NCCC[Si]12OCCN(CCO1)CCO2. The number of rotatable bonds is 5. The highest BCUT2D eigenvalue weighted by molar-refractivity contribution is 6.73. The molecular formula is C12H28N2O3Si2. The Hall–Kier alpha value is 0.234. The van der Waals surface area contributed by atoms with Crippen molar-refractivity contribution < 1.29 is 13.3 Å². The van der Waals surface area contributed by atoms with E-state index in [1.165, 1.54) is 0 Å². The van der Waals surface area contributed by atoms with Crippen LogP contribution in [-0.2, 0) is 13.3 Å². The van der Waals surface area contributed by atoms with Crippen molar-refractivity contribution in [2.75, 3.05) is 46.0 Å². The monoisotopic (exact) mass is 304 g/mol. The summed E-state index contributed by atoms with van der Waals surface area (Å²) >= 11 is 0. The van der Waals surface area contributed by atoms with Crippen molar-refractivity contribution in [3.05, 3.63) is 0 Å². The summed E-state index contributed by atoms with van der Waals surface area (Å²) in [5.41, 5.74) is 0. The van der Waals surface area contributed by atoms with E-state index in [2.05, 4.69) is 29.5 Å². The lowest BCUT2D eigenvalue weighted by Gasteiger charge is -2.38. The van der Waals surface area contributed by atoms with E-state index in [1.807, 2.05) is 0 Å². The molecule has 2 bridgehead atoms. The average Bonchev–Trinajstić information content (AvgIpc) is 2.23. The Morgan fingerprint density at radius 3 is 2.00 bits per heavy atom. The van der Waals surface area contributed by atoms with Gasteiger partial charge in [0.15, 0.2) is 0 Å². The smallest absolute Gasteiger partial charge is 0.372 e. The van der Waals surface area contributed by atoms with Gasteiger partial charge in [-0.15, -0.1) is 0 Å². The Balaban J connectivity index is 1.81. The molecule has 0 amide bonds. The summed E-state index contributed by atoms with van der Waals surface area (Å²) in [6, 6.07) is 0.949. The molecule has 1 N–H and O–H groups in total. The fraction of sp³-hybridized carbons (Fsp3) is 1.00. The molecule has 0 aliphatic carbocycles. The minimum Gasteiger partial charge on any atom is -0.372 e. The molecule has 3 aliphatic rings. The van der Waals surface area contributed by atoms with Gasteiger partial charge in [0.25, 0.3) is 0 Å². The van der Waals surface area contributed by atoms with Gasteiger partial charge in [0.05, 0.1) is 19.8 Å². The van der Waals surface area contributed by atoms with Crippen LogP contribution in [0.1, 0.15) is 6.42 Å². The molecule has 5 nitrogen and oxygen atoms in total. The first-order valence-electron chi connectivity index (χ1n) is 7.38. The van der Waals surface area contributed by atoms with Gasteiger partial charge in [-0.3, -0.25) is 4.90 Å². The van der Waals surface area contributed by atoms with Gasteiger partial charge in [-0.05, 0) is 13.0 Å². The molecule has 3 heterocycles. The summed E-state index contributed by atoms with van der Waals surface area (Å²) in [7, 11) is -3.54. The largest absolute Gasteiger partial charge is 0.501 e. The van der Waals surface area contributed by atoms with Crippen molar-refractivity contribution in [2.24, 2.45) is 0 Å². The number of nitrogens with zero attached hydrogens (tertiary/aromatic N) is 1. The fourth-order valence-corrected chi connectivity index (χ4v) is 5.86. The van der Waals surface area contributed by atoms with Crippen molar-refractivity contribution in [3.8, 4) is 0 Å². The van der Waals surface area contributed by atoms with Gasteiger partial charge in [-0.25, -0.2) is 0 Å². The van der Waals surface area contributed by atoms with Crippen molar-refractivity contribution in [1.82, 2.24) is 9.88 Å². The molecule has 112 valence electrons. The van der Waals surface area contributed by atoms with Crippen LogP contribution < -0.4 is 4.98 Å². The van der Waals surface area contributed by atoms with E-state index >= 15 is 0 Å². The normalized spacial score (nSPS) is 32.7. The lowest BCUT2D eigenvalue weighted by Crippen LogP contribution is -2.55. The molecule has 0 radical (unpaired) electrons. The van der Waals surface area contributed by atoms with Crippen LogP contribution in [0.25, 0.3) is 0 Å². The Morgan fingerprint density at radius 1 is 1.00 bits per heavy atom. The van der Waals surface area contributed by atoms with Gasteiger partial charge in [0.1, 0.15) is 8.24 Å². The molecule has 0 atom stereocenters. The van der Waals surface area contributed by atoms with Crippen molar-refractivity contribution in [1.29, 1.82) is 0 Å². The maximum Gasteiger partial charge on any atom is 0.501 e. The second kappa shape index (κ2) is 6.79. The van der Waals surface area contributed by atoms with Crippen LogP contribution in [0.2, 0.25) is 25.7 Å². The summed E-state index contributed by atoms with van der Waals surface area (Å²) in [6.45, 7) is 13.4. The Kier molecular flexibility index (Phi) is 5.58. The molecule has 0 aromatic rings. The lowest BCUT2D eigenvalue weighted by molar-refractivity contribution is -0.00845. The first kappa shape index (κ1) is 15.6. The number of hydrogen-bond donors (Lipinski definition) is 1. The van der Waals surface area contributed by atoms with Crippen LogP contribution in [0.15, 0.2) is 0 Å². The zero-order valence-corrected chi connectivity index (χ0v) is 14.5. The number of hydrogen-bond acceptors (Lipinski definition) is 5. The summed E-state index contributed by atoms with van der Waals surface area (Å²) in [4.78, 5) is 6.00. The topological polar surface area (TPSA) is 43.0 Å². The first-order valence-corrected chi connectivity index (χ1v) is 12.8. The summed E-state index contributed by atoms with van der Waals surface area (Å²) in [5.74, 6) is 0. The van der Waals surface area contributed by atoms with Gasteiger partial charge < -0.3 is 18.3 Å². The minimum absolute atomic E-state index is 0.758. The van der Waals surface area contributed by atoms with Gasteiger partial charge in [0.2, 0.25) is 0 Å². The molecule has 19 heavy (non-hydrogen) atoms. The van der Waals surface area contributed by atoms with Crippen molar-refractivity contribution in [2.45, 2.75) is 32.1 Å². The standard InChI is InChI=1S/C12H28N2O3Si2/c1-18(2,3)13-5-4-12-19-15-9-6-14(7-10-16-19)8-11-17-19/h13H,4-12H2,1-3H3. The molecule has 7 heteroatoms. The van der Waals surface area contributed by atoms with Crippen LogP contribution in [0.3, 0.4) is 0 Å². The zero-order valence-electron chi connectivity index (χ0n) is 12.5. The lowest BCUT2D eigenvalue weighted by atomic mass is 10.4. The van der Waals surface area contributed by atoms with Crippen LogP contribution in [0.5, 0.6) is 0 Å². The van der Waals surface area contributed by atoms with Crippen LogP contribution in [-0.4, -0.2) is 67.9 Å². The third-order valence-electron chi connectivity index (χ3n) is 3.50. The van der Waals surface area contributed by atoms with E-state index in [-0.39, 0.29) is 0 Å². The number of nitrogens with one attached hydrogen (secondary N) is 1. The highest BCUT2D eigenvalue weighted by atomic mass is 28.4. The van der Waals surface area contributed by atoms with E-state index in [0.29, 0.717) is 0 Å². The predicted molar refractivity (Wildman–Crippen MR) is 80.8 cm³/mol.